The van der Waals surface area contributed by atoms with Crippen LogP contribution in [0.3, 0.4) is 0 Å². The maximum Gasteiger partial charge on any atom is 0.407 e. The molecule has 0 aliphatic carbocycles. The SMILES string of the molecule is CCCCCNC(=NCCCNC(=O)OC(C)(C)C)NCC.I. The second kappa shape index (κ2) is 14.8. The van der Waals surface area contributed by atoms with Gasteiger partial charge in [-0.05, 0) is 40.5 Å². The number of nitrogens with one attached hydrogen (secondary N) is 3. The molecule has 0 rings (SSSR count). The molecular weight excluding hydrogens is 407 g/mol. The molecule has 0 aliphatic heterocycles. The van der Waals surface area contributed by atoms with E-state index in [1.807, 2.05) is 27.7 Å². The zero-order valence-corrected chi connectivity index (χ0v) is 17.7. The summed E-state index contributed by atoms with van der Waals surface area (Å²) in [5, 5.41) is 9.26. The number of carbonyl (C=O) groups excluding carboxylic acids is 1. The highest BCUT2D eigenvalue weighted by molar-refractivity contribution is 14.0. The van der Waals surface area contributed by atoms with Gasteiger partial charge in [0.2, 0.25) is 0 Å². The zero-order chi connectivity index (χ0) is 16.8. The average Bonchev–Trinajstić information content (AvgIpc) is 2.41. The Morgan fingerprint density at radius 3 is 2.22 bits per heavy atom. The predicted octanol–water partition coefficient (Wildman–Crippen LogP) is 3.26. The van der Waals surface area contributed by atoms with Crippen molar-refractivity contribution >= 4 is 36.0 Å². The molecular formula is C16H35IN4O2. The van der Waals surface area contributed by atoms with E-state index in [0.717, 1.165) is 31.9 Å². The quantitative estimate of drug-likeness (QED) is 0.222. The van der Waals surface area contributed by atoms with Gasteiger partial charge in [-0.1, -0.05) is 19.8 Å². The standard InChI is InChI=1S/C16H34N4O2.HI/c1-6-8-9-11-18-14(17-7-2)19-12-10-13-20-15(21)22-16(3,4)5;/h6-13H2,1-5H3,(H,20,21)(H2,17,18,19);1H. The Kier molecular flexibility index (Phi) is 15.8. The molecule has 0 fully saturated rings. The normalized spacial score (nSPS) is 11.4. The van der Waals surface area contributed by atoms with Crippen LogP contribution in [0, 0.1) is 0 Å². The number of rotatable bonds is 9. The molecule has 0 aromatic carbocycles. The van der Waals surface area contributed by atoms with E-state index in [9.17, 15) is 4.79 Å². The Morgan fingerprint density at radius 2 is 1.65 bits per heavy atom. The summed E-state index contributed by atoms with van der Waals surface area (Å²) in [6.07, 6.45) is 4.00. The van der Waals surface area contributed by atoms with Gasteiger partial charge in [-0.25, -0.2) is 4.79 Å². The number of ether oxygens (including phenoxy) is 1. The number of hydrogen-bond acceptors (Lipinski definition) is 3. The smallest absolute Gasteiger partial charge is 0.407 e. The van der Waals surface area contributed by atoms with Crippen LogP contribution in [0.2, 0.25) is 0 Å². The molecule has 1 amide bonds. The summed E-state index contributed by atoms with van der Waals surface area (Å²) in [5.74, 6) is 0.843. The van der Waals surface area contributed by atoms with Gasteiger partial charge in [-0.3, -0.25) is 4.99 Å². The largest absolute Gasteiger partial charge is 0.444 e. The van der Waals surface area contributed by atoms with Crippen LogP contribution in [0.15, 0.2) is 4.99 Å². The molecule has 0 saturated heterocycles. The summed E-state index contributed by atoms with van der Waals surface area (Å²) in [6.45, 7) is 12.8. The number of guanidine groups is 1. The summed E-state index contributed by atoms with van der Waals surface area (Å²) in [4.78, 5) is 16.0. The van der Waals surface area contributed by atoms with Crippen LogP contribution in [0.4, 0.5) is 4.79 Å². The highest BCUT2D eigenvalue weighted by Gasteiger charge is 2.15. The average molecular weight is 442 g/mol. The molecule has 0 aromatic rings. The molecule has 0 atom stereocenters. The van der Waals surface area contributed by atoms with E-state index in [4.69, 9.17) is 4.74 Å². The Hall–Kier alpha value is -0.730. The first-order chi connectivity index (χ1) is 10.4. The third-order valence-electron chi connectivity index (χ3n) is 2.69. The number of aliphatic imine (C=N–C) groups is 1. The summed E-state index contributed by atoms with van der Waals surface area (Å²) in [5.41, 5.74) is -0.455. The lowest BCUT2D eigenvalue weighted by Crippen LogP contribution is -2.38. The van der Waals surface area contributed by atoms with E-state index in [0.29, 0.717) is 13.1 Å². The van der Waals surface area contributed by atoms with Gasteiger partial charge in [-0.15, -0.1) is 24.0 Å². The van der Waals surface area contributed by atoms with Crippen LogP contribution in [-0.4, -0.2) is 43.8 Å². The number of halogens is 1. The van der Waals surface area contributed by atoms with Gasteiger partial charge in [-0.2, -0.15) is 0 Å². The number of nitrogens with zero attached hydrogens (tertiary/aromatic N) is 1. The Bertz CT molecular complexity index is 331. The summed E-state index contributed by atoms with van der Waals surface area (Å²) in [7, 11) is 0. The first-order valence-corrected chi connectivity index (χ1v) is 8.38. The van der Waals surface area contributed by atoms with Crippen LogP contribution in [-0.2, 0) is 4.74 Å². The van der Waals surface area contributed by atoms with Crippen LogP contribution in [0.5, 0.6) is 0 Å². The number of unbranched alkanes of at least 4 members (excludes halogenated alkanes) is 2. The van der Waals surface area contributed by atoms with Gasteiger partial charge >= 0.3 is 6.09 Å². The zero-order valence-electron chi connectivity index (χ0n) is 15.3. The minimum Gasteiger partial charge on any atom is -0.444 e. The van der Waals surface area contributed by atoms with E-state index in [2.05, 4.69) is 27.9 Å². The summed E-state index contributed by atoms with van der Waals surface area (Å²) < 4.78 is 5.17. The molecule has 138 valence electrons. The molecule has 0 heterocycles. The monoisotopic (exact) mass is 442 g/mol. The maximum absolute atomic E-state index is 11.5. The van der Waals surface area contributed by atoms with Gasteiger partial charge in [0.25, 0.3) is 0 Å². The van der Waals surface area contributed by atoms with Crippen LogP contribution < -0.4 is 16.0 Å². The Balaban J connectivity index is 0. The Morgan fingerprint density at radius 1 is 1.00 bits per heavy atom. The fraction of sp³-hybridized carbons (Fsp3) is 0.875. The fourth-order valence-electron chi connectivity index (χ4n) is 1.70. The van der Waals surface area contributed by atoms with Crippen molar-refractivity contribution in [2.45, 2.75) is 65.9 Å². The van der Waals surface area contributed by atoms with Gasteiger partial charge in [0, 0.05) is 26.2 Å². The molecule has 0 spiro atoms. The minimum absolute atomic E-state index is 0. The van der Waals surface area contributed by atoms with E-state index in [1.165, 1.54) is 12.8 Å². The molecule has 23 heavy (non-hydrogen) atoms. The van der Waals surface area contributed by atoms with Crippen molar-refractivity contribution in [1.82, 2.24) is 16.0 Å². The van der Waals surface area contributed by atoms with Crippen LogP contribution >= 0.6 is 24.0 Å². The van der Waals surface area contributed by atoms with E-state index >= 15 is 0 Å². The fourth-order valence-corrected chi connectivity index (χ4v) is 1.70. The lowest BCUT2D eigenvalue weighted by molar-refractivity contribution is 0.0527. The first-order valence-electron chi connectivity index (χ1n) is 8.38. The molecule has 0 aliphatic rings. The second-order valence-corrected chi connectivity index (χ2v) is 6.18. The number of amides is 1. The topological polar surface area (TPSA) is 74.8 Å². The molecule has 7 heteroatoms. The van der Waals surface area contributed by atoms with Crippen molar-refractivity contribution in [3.63, 3.8) is 0 Å². The first kappa shape index (κ1) is 24.5. The van der Waals surface area contributed by atoms with Gasteiger partial charge in [0.1, 0.15) is 5.60 Å². The molecule has 0 bridgehead atoms. The third-order valence-corrected chi connectivity index (χ3v) is 2.69. The van der Waals surface area contributed by atoms with Crippen LogP contribution in [0.1, 0.15) is 60.3 Å². The van der Waals surface area contributed by atoms with Crippen LogP contribution in [0.25, 0.3) is 0 Å². The molecule has 0 radical (unpaired) electrons. The van der Waals surface area contributed by atoms with Gasteiger partial charge in [0.15, 0.2) is 5.96 Å². The second-order valence-electron chi connectivity index (χ2n) is 6.18. The van der Waals surface area contributed by atoms with E-state index in [-0.39, 0.29) is 30.1 Å². The molecule has 0 saturated carbocycles. The lowest BCUT2D eigenvalue weighted by Gasteiger charge is -2.19. The Labute approximate surface area is 158 Å². The van der Waals surface area contributed by atoms with Crippen molar-refractivity contribution < 1.29 is 9.53 Å². The van der Waals surface area contributed by atoms with Gasteiger partial charge < -0.3 is 20.7 Å². The third kappa shape index (κ3) is 17.5. The molecule has 0 unspecified atom stereocenters. The highest BCUT2D eigenvalue weighted by Crippen LogP contribution is 2.06. The van der Waals surface area contributed by atoms with Crippen molar-refractivity contribution in [3.8, 4) is 0 Å². The van der Waals surface area contributed by atoms with Crippen molar-refractivity contribution in [2.75, 3.05) is 26.2 Å². The van der Waals surface area contributed by atoms with E-state index < -0.39 is 5.60 Å². The van der Waals surface area contributed by atoms with Crippen molar-refractivity contribution in [3.05, 3.63) is 0 Å². The van der Waals surface area contributed by atoms with Gasteiger partial charge in [0.05, 0.1) is 0 Å². The number of hydrogen-bond donors (Lipinski definition) is 3. The maximum atomic E-state index is 11.5. The number of alkyl carbamates (subject to hydrolysis) is 1. The highest BCUT2D eigenvalue weighted by atomic mass is 127. The molecule has 3 N–H and O–H groups in total. The van der Waals surface area contributed by atoms with Crippen molar-refractivity contribution in [1.29, 1.82) is 0 Å². The number of carbonyl (C=O) groups is 1. The summed E-state index contributed by atoms with van der Waals surface area (Å²) >= 11 is 0. The molecule has 0 aromatic heterocycles. The minimum atomic E-state index is -0.455. The molecule has 6 nitrogen and oxygen atoms in total. The lowest BCUT2D eigenvalue weighted by atomic mass is 10.2. The van der Waals surface area contributed by atoms with E-state index in [1.54, 1.807) is 0 Å². The summed E-state index contributed by atoms with van der Waals surface area (Å²) in [6, 6.07) is 0. The predicted molar refractivity (Wildman–Crippen MR) is 108 cm³/mol. The van der Waals surface area contributed by atoms with Crippen molar-refractivity contribution in [2.24, 2.45) is 4.99 Å².